The summed E-state index contributed by atoms with van der Waals surface area (Å²) < 4.78 is 0. The monoisotopic (exact) mass is 340 g/mol. The number of pyridine rings is 2. The summed E-state index contributed by atoms with van der Waals surface area (Å²) in [6, 6.07) is 8.87. The van der Waals surface area contributed by atoms with E-state index in [2.05, 4.69) is 9.97 Å². The maximum atomic E-state index is 12.0. The fraction of sp³-hybridized carbons (Fsp3) is 0. The van der Waals surface area contributed by atoms with Crippen molar-refractivity contribution in [1.29, 1.82) is 0 Å². The number of anilines is 2. The standard InChI is InChI=1S/C12H10Cl2N6O2/c13-7-3-1-5-9(17-7)19(15)11(21)12(22)20(16)10-6-2-4-8(14)18-10/h1-6H,15-16H2. The van der Waals surface area contributed by atoms with E-state index in [1.807, 2.05) is 0 Å². The van der Waals surface area contributed by atoms with Crippen LogP contribution in [-0.4, -0.2) is 21.8 Å². The van der Waals surface area contributed by atoms with Gasteiger partial charge in [-0.15, -0.1) is 0 Å². The minimum atomic E-state index is -1.11. The Morgan fingerprint density at radius 3 is 1.50 bits per heavy atom. The van der Waals surface area contributed by atoms with Gasteiger partial charge in [0.1, 0.15) is 10.3 Å². The van der Waals surface area contributed by atoms with Gasteiger partial charge in [-0.05, 0) is 24.3 Å². The zero-order valence-corrected chi connectivity index (χ0v) is 12.5. The van der Waals surface area contributed by atoms with E-state index in [1.54, 1.807) is 0 Å². The lowest BCUT2D eigenvalue weighted by Crippen LogP contribution is -2.51. The smallest absolute Gasteiger partial charge is 0.261 e. The molecule has 0 aliphatic rings. The van der Waals surface area contributed by atoms with E-state index < -0.39 is 11.8 Å². The minimum Gasteiger partial charge on any atom is -0.261 e. The van der Waals surface area contributed by atoms with Gasteiger partial charge in [-0.2, -0.15) is 0 Å². The summed E-state index contributed by atoms with van der Waals surface area (Å²) in [5.41, 5.74) is 0. The maximum absolute atomic E-state index is 12.0. The van der Waals surface area contributed by atoms with Gasteiger partial charge >= 0.3 is 11.8 Å². The van der Waals surface area contributed by atoms with E-state index in [-0.39, 0.29) is 21.9 Å². The fourth-order valence-corrected chi connectivity index (χ4v) is 1.80. The van der Waals surface area contributed by atoms with E-state index in [9.17, 15) is 9.59 Å². The van der Waals surface area contributed by atoms with Crippen LogP contribution in [0.25, 0.3) is 0 Å². The molecular weight excluding hydrogens is 331 g/mol. The number of nitrogens with two attached hydrogens (primary N) is 2. The van der Waals surface area contributed by atoms with Crippen LogP contribution in [0.15, 0.2) is 36.4 Å². The number of nitrogens with zero attached hydrogens (tertiary/aromatic N) is 4. The number of aromatic nitrogens is 2. The number of halogens is 2. The van der Waals surface area contributed by atoms with Crippen LogP contribution in [0.5, 0.6) is 0 Å². The Bertz CT molecular complexity index is 665. The number of carbonyl (C=O) groups is 2. The van der Waals surface area contributed by atoms with Gasteiger partial charge in [0.05, 0.1) is 0 Å². The first kappa shape index (κ1) is 16.1. The zero-order valence-electron chi connectivity index (χ0n) is 11.0. The molecule has 0 atom stereocenters. The molecule has 2 rings (SSSR count). The molecule has 0 spiro atoms. The Morgan fingerprint density at radius 2 is 1.18 bits per heavy atom. The number of hydrogen-bond donors (Lipinski definition) is 2. The van der Waals surface area contributed by atoms with Crippen LogP contribution >= 0.6 is 23.2 Å². The van der Waals surface area contributed by atoms with E-state index in [0.717, 1.165) is 0 Å². The van der Waals surface area contributed by atoms with E-state index in [1.165, 1.54) is 36.4 Å². The van der Waals surface area contributed by atoms with Gasteiger partial charge in [-0.25, -0.2) is 31.7 Å². The van der Waals surface area contributed by atoms with Crippen molar-refractivity contribution >= 4 is 46.7 Å². The number of hydrazine groups is 2. The molecule has 10 heteroatoms. The second-order valence-corrected chi connectivity index (χ2v) is 4.76. The minimum absolute atomic E-state index is 0.00157. The maximum Gasteiger partial charge on any atom is 0.333 e. The van der Waals surface area contributed by atoms with Crippen molar-refractivity contribution in [2.45, 2.75) is 0 Å². The van der Waals surface area contributed by atoms with Gasteiger partial charge in [0.15, 0.2) is 11.6 Å². The van der Waals surface area contributed by atoms with Crippen LogP contribution in [0.3, 0.4) is 0 Å². The van der Waals surface area contributed by atoms with Gasteiger partial charge in [0, 0.05) is 0 Å². The Labute approximate surface area is 135 Å². The Hall–Kier alpha value is -2.26. The van der Waals surface area contributed by atoms with Crippen molar-refractivity contribution in [3.05, 3.63) is 46.7 Å². The molecule has 0 saturated heterocycles. The Morgan fingerprint density at radius 1 is 0.818 bits per heavy atom. The predicted octanol–water partition coefficient (Wildman–Crippen LogP) is 0.897. The third-order valence-corrected chi connectivity index (χ3v) is 2.94. The van der Waals surface area contributed by atoms with Crippen molar-refractivity contribution < 1.29 is 9.59 Å². The molecule has 22 heavy (non-hydrogen) atoms. The first-order valence-corrected chi connectivity index (χ1v) is 6.59. The van der Waals surface area contributed by atoms with Crippen molar-refractivity contribution in [1.82, 2.24) is 9.97 Å². The summed E-state index contributed by atoms with van der Waals surface area (Å²) in [6.07, 6.45) is 0. The predicted molar refractivity (Wildman–Crippen MR) is 81.8 cm³/mol. The summed E-state index contributed by atoms with van der Waals surface area (Å²) in [7, 11) is 0. The lowest BCUT2D eigenvalue weighted by Gasteiger charge is -2.19. The summed E-state index contributed by atoms with van der Waals surface area (Å²) in [6.45, 7) is 0. The van der Waals surface area contributed by atoms with Gasteiger partial charge in [-0.3, -0.25) is 9.59 Å². The molecule has 0 radical (unpaired) electrons. The Balaban J connectivity index is 2.19. The molecule has 0 aliphatic carbocycles. The highest BCUT2D eigenvalue weighted by Crippen LogP contribution is 2.15. The van der Waals surface area contributed by atoms with Crippen LogP contribution < -0.4 is 21.7 Å². The van der Waals surface area contributed by atoms with E-state index in [4.69, 9.17) is 34.9 Å². The molecule has 0 fully saturated rings. The number of rotatable bonds is 2. The largest absolute Gasteiger partial charge is 0.333 e. The summed E-state index contributed by atoms with van der Waals surface area (Å²) in [5, 5.41) is 1.32. The van der Waals surface area contributed by atoms with Gasteiger partial charge in [0.2, 0.25) is 0 Å². The highest BCUT2D eigenvalue weighted by molar-refractivity contribution is 6.44. The molecule has 0 bridgehead atoms. The third kappa shape index (κ3) is 3.49. The molecule has 2 amide bonds. The van der Waals surface area contributed by atoms with Crippen molar-refractivity contribution in [3.63, 3.8) is 0 Å². The van der Waals surface area contributed by atoms with Crippen LogP contribution in [0.4, 0.5) is 11.6 Å². The summed E-state index contributed by atoms with van der Waals surface area (Å²) in [4.78, 5) is 31.7. The molecular formula is C12H10Cl2N6O2. The molecule has 114 valence electrons. The van der Waals surface area contributed by atoms with E-state index in [0.29, 0.717) is 10.0 Å². The summed E-state index contributed by atoms with van der Waals surface area (Å²) >= 11 is 11.4. The molecule has 0 aromatic carbocycles. The topological polar surface area (TPSA) is 118 Å². The summed E-state index contributed by atoms with van der Waals surface area (Å²) in [5.74, 6) is 8.91. The molecule has 0 aliphatic heterocycles. The molecule has 2 aromatic heterocycles. The van der Waals surface area contributed by atoms with Gasteiger partial charge < -0.3 is 0 Å². The molecule has 4 N–H and O–H groups in total. The first-order valence-electron chi connectivity index (χ1n) is 5.83. The van der Waals surface area contributed by atoms with Gasteiger partial charge in [-0.1, -0.05) is 35.3 Å². The lowest BCUT2D eigenvalue weighted by molar-refractivity contribution is -0.136. The van der Waals surface area contributed by atoms with E-state index >= 15 is 0 Å². The molecule has 8 nitrogen and oxygen atoms in total. The molecule has 0 unspecified atom stereocenters. The van der Waals surface area contributed by atoms with Crippen LogP contribution in [0.2, 0.25) is 10.3 Å². The van der Waals surface area contributed by atoms with Crippen molar-refractivity contribution in [2.75, 3.05) is 10.0 Å². The number of hydrogen-bond acceptors (Lipinski definition) is 6. The fourth-order valence-electron chi connectivity index (χ4n) is 1.48. The van der Waals surface area contributed by atoms with Crippen LogP contribution in [-0.2, 0) is 9.59 Å². The number of carbonyl (C=O) groups excluding carboxylic acids is 2. The second-order valence-electron chi connectivity index (χ2n) is 3.99. The SMILES string of the molecule is NN(C(=O)C(=O)N(N)c1cccc(Cl)n1)c1cccc(Cl)n1. The van der Waals surface area contributed by atoms with Crippen molar-refractivity contribution in [2.24, 2.45) is 11.7 Å². The lowest BCUT2D eigenvalue weighted by atomic mass is 10.4. The third-order valence-electron chi connectivity index (χ3n) is 2.52. The number of amides is 2. The molecule has 0 saturated carbocycles. The normalized spacial score (nSPS) is 10.2. The first-order chi connectivity index (χ1) is 10.4. The second kappa shape index (κ2) is 6.67. The highest BCUT2D eigenvalue weighted by atomic mass is 35.5. The quantitative estimate of drug-likeness (QED) is 0.275. The van der Waals surface area contributed by atoms with Crippen molar-refractivity contribution in [3.8, 4) is 0 Å². The van der Waals surface area contributed by atoms with Gasteiger partial charge in [0.25, 0.3) is 0 Å². The van der Waals surface area contributed by atoms with Crippen LogP contribution in [0.1, 0.15) is 0 Å². The highest BCUT2D eigenvalue weighted by Gasteiger charge is 2.27. The molecule has 2 aromatic rings. The average molecular weight is 341 g/mol. The Kier molecular flexibility index (Phi) is 4.88. The van der Waals surface area contributed by atoms with Crippen LogP contribution in [0, 0.1) is 0 Å². The molecule has 2 heterocycles. The average Bonchev–Trinajstić information content (AvgIpc) is 2.52. The zero-order chi connectivity index (χ0) is 16.3.